The molecule has 9 bridgehead atoms. The maximum Gasteiger partial charge on any atom is 0.302 e. The minimum Gasteiger partial charge on any atom is -0.463 e. The van der Waals surface area contributed by atoms with Crippen LogP contribution in [0.5, 0.6) is 0 Å². The standard InChI is InChI=1S/C22H29NO5/c1-9-4-20-7-12-15-19(3)5-11(28-10(2)24)6-21(15)16(20)14(25)13(9)17(26)22(20,27)18(21)23(12)8-19/h11-18,25-27H,1,4-8H2,2-3H3/t11-,12-,13-,14+,15-,16-,17-,18-,19+,20+,21-,22+/m0/s1. The molecule has 2 spiro atoms. The molecule has 3 heterocycles. The summed E-state index contributed by atoms with van der Waals surface area (Å²) in [5.74, 6) is -0.379. The van der Waals surface area contributed by atoms with E-state index >= 15 is 0 Å². The van der Waals surface area contributed by atoms with E-state index in [1.807, 2.05) is 0 Å². The van der Waals surface area contributed by atoms with E-state index in [0.717, 1.165) is 25.0 Å². The van der Waals surface area contributed by atoms with Gasteiger partial charge >= 0.3 is 5.97 Å². The van der Waals surface area contributed by atoms with Crippen molar-refractivity contribution in [3.05, 3.63) is 12.2 Å². The smallest absolute Gasteiger partial charge is 0.302 e. The zero-order chi connectivity index (χ0) is 19.6. The van der Waals surface area contributed by atoms with Gasteiger partial charge in [-0.3, -0.25) is 9.69 Å². The molecule has 9 rings (SSSR count). The maximum atomic E-state index is 12.2. The molecule has 6 saturated carbocycles. The summed E-state index contributed by atoms with van der Waals surface area (Å²) in [5.41, 5.74) is -1.07. The van der Waals surface area contributed by atoms with Crippen molar-refractivity contribution >= 4 is 5.97 Å². The van der Waals surface area contributed by atoms with Crippen LogP contribution in [0.15, 0.2) is 12.2 Å². The molecular weight excluding hydrogens is 358 g/mol. The molecule has 0 aromatic carbocycles. The first-order valence-corrected chi connectivity index (χ1v) is 10.8. The third kappa shape index (κ3) is 1.26. The lowest BCUT2D eigenvalue weighted by atomic mass is 9.39. The number of rotatable bonds is 1. The van der Waals surface area contributed by atoms with Crippen LogP contribution in [-0.2, 0) is 9.53 Å². The predicted octanol–water partition coefficient (Wildman–Crippen LogP) is 0.450. The van der Waals surface area contributed by atoms with E-state index in [-0.39, 0.29) is 34.9 Å². The largest absolute Gasteiger partial charge is 0.463 e. The zero-order valence-electron chi connectivity index (χ0n) is 16.5. The normalized spacial score (nSPS) is 69.3. The molecule has 6 nitrogen and oxygen atoms in total. The van der Waals surface area contributed by atoms with Crippen molar-refractivity contribution in [2.75, 3.05) is 6.54 Å². The summed E-state index contributed by atoms with van der Waals surface area (Å²) in [6.07, 6.45) is 1.27. The summed E-state index contributed by atoms with van der Waals surface area (Å²) in [6, 6.07) is 0.245. The van der Waals surface area contributed by atoms with Gasteiger partial charge in [0.25, 0.3) is 0 Å². The Kier molecular flexibility index (Phi) is 2.55. The van der Waals surface area contributed by atoms with E-state index in [1.165, 1.54) is 6.92 Å². The summed E-state index contributed by atoms with van der Waals surface area (Å²) in [6.45, 7) is 8.85. The first-order chi connectivity index (χ1) is 13.1. The Balaban J connectivity index is 1.49. The molecule has 3 aliphatic heterocycles. The molecule has 3 N–H and O–H groups in total. The number of hydrogen-bond donors (Lipinski definition) is 3. The fraction of sp³-hybridized carbons (Fsp3) is 0.864. The number of ether oxygens (including phenoxy) is 1. The highest BCUT2D eigenvalue weighted by molar-refractivity contribution is 5.66. The van der Waals surface area contributed by atoms with Crippen LogP contribution in [0.4, 0.5) is 0 Å². The Hall–Kier alpha value is -0.950. The topological polar surface area (TPSA) is 90.2 Å². The summed E-state index contributed by atoms with van der Waals surface area (Å²) in [5, 5.41) is 35.1. The number of piperidine rings is 2. The van der Waals surface area contributed by atoms with Crippen LogP contribution in [0.1, 0.15) is 39.5 Å². The van der Waals surface area contributed by atoms with Crippen molar-refractivity contribution in [1.29, 1.82) is 0 Å². The van der Waals surface area contributed by atoms with Crippen LogP contribution >= 0.6 is 0 Å². The second-order valence-electron chi connectivity index (χ2n) is 11.5. The van der Waals surface area contributed by atoms with Gasteiger partial charge in [0.1, 0.15) is 11.7 Å². The summed E-state index contributed by atoms with van der Waals surface area (Å²) in [7, 11) is 0. The lowest BCUT2D eigenvalue weighted by Gasteiger charge is -2.67. The van der Waals surface area contributed by atoms with Gasteiger partial charge in [0.05, 0.1) is 12.2 Å². The van der Waals surface area contributed by atoms with Crippen molar-refractivity contribution < 1.29 is 24.9 Å². The summed E-state index contributed by atoms with van der Waals surface area (Å²) in [4.78, 5) is 14.3. The van der Waals surface area contributed by atoms with E-state index in [1.54, 1.807) is 0 Å². The van der Waals surface area contributed by atoms with E-state index in [4.69, 9.17) is 4.74 Å². The van der Waals surface area contributed by atoms with Crippen molar-refractivity contribution in [2.45, 2.75) is 75.5 Å². The van der Waals surface area contributed by atoms with Gasteiger partial charge in [-0.25, -0.2) is 0 Å². The highest BCUT2D eigenvalue weighted by Crippen LogP contribution is 2.88. The molecule has 9 fully saturated rings. The minimum absolute atomic E-state index is 0.0237. The SMILES string of the molecule is C=C1C[C@@]23C[C@H]4[C@H]5[C@]6(C)C[C@H](OC(C)=O)C[C@@]57[C@H]2[C@H](O)[C@H]1[C@H](O)[C@@]3(O)[C@H]7N4C6. The first kappa shape index (κ1) is 16.8. The van der Waals surface area contributed by atoms with Crippen molar-refractivity contribution in [3.63, 3.8) is 0 Å². The second-order valence-corrected chi connectivity index (χ2v) is 11.5. The van der Waals surface area contributed by atoms with Crippen LogP contribution in [0.25, 0.3) is 0 Å². The quantitative estimate of drug-likeness (QED) is 0.447. The van der Waals surface area contributed by atoms with E-state index < -0.39 is 29.1 Å². The molecule has 0 amide bonds. The molecule has 6 aliphatic carbocycles. The Labute approximate surface area is 164 Å². The van der Waals surface area contributed by atoms with E-state index in [9.17, 15) is 20.1 Å². The number of esters is 1. The molecule has 152 valence electrons. The van der Waals surface area contributed by atoms with E-state index in [0.29, 0.717) is 24.8 Å². The van der Waals surface area contributed by atoms with Gasteiger partial charge in [-0.15, -0.1) is 0 Å². The van der Waals surface area contributed by atoms with Gasteiger partial charge in [-0.1, -0.05) is 19.1 Å². The third-order valence-electron chi connectivity index (χ3n) is 10.6. The maximum absolute atomic E-state index is 12.2. The Morgan fingerprint density at radius 2 is 2.00 bits per heavy atom. The van der Waals surface area contributed by atoms with Crippen molar-refractivity contribution in [2.24, 2.45) is 34.0 Å². The molecule has 3 saturated heterocycles. The van der Waals surface area contributed by atoms with Crippen LogP contribution in [0.3, 0.4) is 0 Å². The lowest BCUT2D eigenvalue weighted by molar-refractivity contribution is -0.280. The minimum atomic E-state index is -1.20. The molecule has 0 radical (unpaired) electrons. The van der Waals surface area contributed by atoms with E-state index in [2.05, 4.69) is 18.4 Å². The van der Waals surface area contributed by atoms with Gasteiger partial charge in [-0.05, 0) is 37.0 Å². The molecule has 0 aromatic heterocycles. The van der Waals surface area contributed by atoms with Gasteiger partial charge < -0.3 is 20.1 Å². The average Bonchev–Trinajstić information content (AvgIpc) is 2.97. The van der Waals surface area contributed by atoms with Gasteiger partial charge in [0.15, 0.2) is 0 Å². The van der Waals surface area contributed by atoms with Crippen LogP contribution in [0.2, 0.25) is 0 Å². The Morgan fingerprint density at radius 1 is 1.25 bits per heavy atom. The molecule has 0 aromatic rings. The van der Waals surface area contributed by atoms with Crippen molar-refractivity contribution in [1.82, 2.24) is 4.90 Å². The van der Waals surface area contributed by atoms with Crippen LogP contribution in [-0.4, -0.2) is 68.7 Å². The van der Waals surface area contributed by atoms with Gasteiger partial charge in [0, 0.05) is 48.2 Å². The number of carbonyl (C=O) groups is 1. The molecule has 6 heteroatoms. The molecule has 28 heavy (non-hydrogen) atoms. The number of aliphatic hydroxyl groups excluding tert-OH is 2. The van der Waals surface area contributed by atoms with Gasteiger partial charge in [-0.2, -0.15) is 0 Å². The Bertz CT molecular complexity index is 860. The van der Waals surface area contributed by atoms with Crippen molar-refractivity contribution in [3.8, 4) is 0 Å². The second kappa shape index (κ2) is 4.25. The molecular formula is C22H29NO5. The number of nitrogens with zero attached hydrogens (tertiary/aromatic N) is 1. The average molecular weight is 387 g/mol. The highest BCUT2D eigenvalue weighted by atomic mass is 16.5. The number of fused-ring (bicyclic) bond motifs is 1. The third-order valence-corrected chi connectivity index (χ3v) is 10.6. The molecule has 1 unspecified atom stereocenters. The highest BCUT2D eigenvalue weighted by Gasteiger charge is 2.94. The molecule has 9 aliphatic rings. The lowest BCUT2D eigenvalue weighted by Crippen LogP contribution is -2.76. The number of aliphatic hydroxyl groups is 3. The van der Waals surface area contributed by atoms with Gasteiger partial charge in [0.2, 0.25) is 0 Å². The Morgan fingerprint density at radius 3 is 2.71 bits per heavy atom. The fourth-order valence-electron chi connectivity index (χ4n) is 11.0. The predicted molar refractivity (Wildman–Crippen MR) is 97.9 cm³/mol. The fourth-order valence-corrected chi connectivity index (χ4v) is 11.0. The van der Waals surface area contributed by atoms with Crippen LogP contribution < -0.4 is 0 Å². The summed E-state index contributed by atoms with van der Waals surface area (Å²) < 4.78 is 5.75. The first-order valence-electron chi connectivity index (χ1n) is 10.8. The summed E-state index contributed by atoms with van der Waals surface area (Å²) >= 11 is 0. The zero-order valence-corrected chi connectivity index (χ0v) is 16.5. The number of carbonyl (C=O) groups excluding carboxylic acids is 1. The molecule has 13 atom stereocenters. The number of hydrogen-bond acceptors (Lipinski definition) is 6. The monoisotopic (exact) mass is 387 g/mol. The van der Waals surface area contributed by atoms with Crippen LogP contribution in [0, 0.1) is 34.0 Å².